The third kappa shape index (κ3) is 3.93. The van der Waals surface area contributed by atoms with Crippen molar-refractivity contribution in [2.75, 3.05) is 0 Å². The number of hydrogen-bond acceptors (Lipinski definition) is 2. The molecule has 0 saturated heterocycles. The molecule has 29 heavy (non-hydrogen) atoms. The van der Waals surface area contributed by atoms with Crippen LogP contribution in [0.3, 0.4) is 0 Å². The van der Waals surface area contributed by atoms with E-state index < -0.39 is 16.7 Å². The Balaban J connectivity index is 1.92. The third-order valence-electron chi connectivity index (χ3n) is 4.96. The topological polar surface area (TPSA) is 26.3 Å². The molecule has 0 aromatic heterocycles. The van der Waals surface area contributed by atoms with Crippen LogP contribution in [-0.4, -0.2) is 4.21 Å². The molecule has 1 atom stereocenters. The van der Waals surface area contributed by atoms with Crippen molar-refractivity contribution >= 4 is 11.1 Å². The molecule has 0 heterocycles. The normalized spacial score (nSPS) is 12.4. The summed E-state index contributed by atoms with van der Waals surface area (Å²) in [5, 5.41) is 0. The second-order valence-corrected chi connectivity index (χ2v) is 8.02. The Labute approximate surface area is 174 Å². The van der Waals surface area contributed by atoms with Crippen molar-refractivity contribution in [2.24, 2.45) is 0 Å². The Hall–Kier alpha value is -3.01. The molecule has 0 bridgehead atoms. The van der Waals surface area contributed by atoms with Crippen LogP contribution in [0.5, 0.6) is 0 Å². The molecule has 0 N–H and O–H groups in total. The van der Waals surface area contributed by atoms with E-state index in [0.717, 1.165) is 22.3 Å². The fourth-order valence-electron chi connectivity index (χ4n) is 3.47. The zero-order chi connectivity index (χ0) is 20.1. The van der Waals surface area contributed by atoms with E-state index in [1.165, 1.54) is 0 Å². The SMILES string of the molecule is Cc1ccc(S(=O)OC(c2ccccc2)(c2ccccc2)c2ccccc2)cc1. The Morgan fingerprint density at radius 3 is 1.34 bits per heavy atom. The zero-order valence-electron chi connectivity index (χ0n) is 16.2. The summed E-state index contributed by atoms with van der Waals surface area (Å²) in [6, 6.07) is 37.5. The molecule has 0 aliphatic rings. The van der Waals surface area contributed by atoms with Crippen LogP contribution in [0.4, 0.5) is 0 Å². The van der Waals surface area contributed by atoms with Crippen LogP contribution in [0.25, 0.3) is 0 Å². The summed E-state index contributed by atoms with van der Waals surface area (Å²) in [7, 11) is 0. The minimum Gasteiger partial charge on any atom is -0.265 e. The van der Waals surface area contributed by atoms with Crippen LogP contribution in [-0.2, 0) is 20.9 Å². The standard InChI is InChI=1S/C26H22O2S/c1-21-17-19-25(20-18-21)29(27)28-26(22-11-5-2-6-12-22,23-13-7-3-8-14-23)24-15-9-4-10-16-24/h2-20H,1H3. The average Bonchev–Trinajstić information content (AvgIpc) is 2.79. The molecule has 0 aliphatic heterocycles. The largest absolute Gasteiger partial charge is 0.265 e. The molecule has 0 aliphatic carbocycles. The lowest BCUT2D eigenvalue weighted by molar-refractivity contribution is 0.178. The summed E-state index contributed by atoms with van der Waals surface area (Å²) >= 11 is -1.66. The highest BCUT2D eigenvalue weighted by atomic mass is 32.2. The maximum Gasteiger partial charge on any atom is 0.190 e. The predicted octanol–water partition coefficient (Wildman–Crippen LogP) is 6.03. The van der Waals surface area contributed by atoms with Gasteiger partial charge in [0.1, 0.15) is 0 Å². The number of rotatable bonds is 6. The lowest BCUT2D eigenvalue weighted by Crippen LogP contribution is -2.33. The van der Waals surface area contributed by atoms with Gasteiger partial charge in [0.25, 0.3) is 0 Å². The Kier molecular flexibility index (Phi) is 5.70. The van der Waals surface area contributed by atoms with Gasteiger partial charge in [-0.05, 0) is 35.7 Å². The second-order valence-electron chi connectivity index (χ2n) is 6.91. The van der Waals surface area contributed by atoms with Crippen molar-refractivity contribution < 1.29 is 8.39 Å². The highest BCUT2D eigenvalue weighted by Gasteiger charge is 2.40. The molecule has 1 unspecified atom stereocenters. The third-order valence-corrected chi connectivity index (χ3v) is 6.01. The first-order chi connectivity index (χ1) is 14.2. The maximum atomic E-state index is 13.4. The quantitative estimate of drug-likeness (QED) is 0.371. The van der Waals surface area contributed by atoms with Gasteiger partial charge in [-0.3, -0.25) is 4.18 Å². The van der Waals surface area contributed by atoms with Crippen LogP contribution in [0, 0.1) is 6.92 Å². The molecule has 0 amide bonds. The van der Waals surface area contributed by atoms with Crippen LogP contribution in [0.15, 0.2) is 120 Å². The molecule has 4 aromatic carbocycles. The number of hydrogen-bond donors (Lipinski definition) is 0. The minimum atomic E-state index is -1.66. The van der Waals surface area contributed by atoms with Gasteiger partial charge in [-0.1, -0.05) is 109 Å². The van der Waals surface area contributed by atoms with E-state index in [4.69, 9.17) is 4.18 Å². The van der Waals surface area contributed by atoms with Crippen molar-refractivity contribution in [1.29, 1.82) is 0 Å². The van der Waals surface area contributed by atoms with Gasteiger partial charge in [0, 0.05) is 0 Å². The van der Waals surface area contributed by atoms with Gasteiger partial charge in [-0.25, -0.2) is 4.21 Å². The maximum absolute atomic E-state index is 13.4. The Bertz CT molecular complexity index is 979. The minimum absolute atomic E-state index is 0.641. The molecule has 3 heteroatoms. The van der Waals surface area contributed by atoms with Crippen molar-refractivity contribution in [3.63, 3.8) is 0 Å². The number of benzene rings is 4. The van der Waals surface area contributed by atoms with Crippen molar-refractivity contribution in [3.05, 3.63) is 138 Å². The van der Waals surface area contributed by atoms with Gasteiger partial charge in [-0.2, -0.15) is 0 Å². The lowest BCUT2D eigenvalue weighted by Gasteiger charge is -2.34. The molecular formula is C26H22O2S. The van der Waals surface area contributed by atoms with Crippen molar-refractivity contribution in [1.82, 2.24) is 0 Å². The van der Waals surface area contributed by atoms with E-state index in [-0.39, 0.29) is 0 Å². The smallest absolute Gasteiger partial charge is 0.190 e. The van der Waals surface area contributed by atoms with Gasteiger partial charge >= 0.3 is 0 Å². The van der Waals surface area contributed by atoms with E-state index in [0.29, 0.717) is 4.90 Å². The fourth-order valence-corrected chi connectivity index (χ4v) is 4.44. The molecule has 4 aromatic rings. The van der Waals surface area contributed by atoms with Gasteiger partial charge in [0.15, 0.2) is 16.7 Å². The first-order valence-corrected chi connectivity index (χ1v) is 10.6. The highest BCUT2D eigenvalue weighted by molar-refractivity contribution is 7.80. The summed E-state index contributed by atoms with van der Waals surface area (Å²) in [6.07, 6.45) is 0. The second kappa shape index (κ2) is 8.56. The van der Waals surface area contributed by atoms with Gasteiger partial charge in [0.2, 0.25) is 0 Å². The summed E-state index contributed by atoms with van der Waals surface area (Å²) < 4.78 is 19.9. The predicted molar refractivity (Wildman–Crippen MR) is 118 cm³/mol. The first kappa shape index (κ1) is 19.3. The van der Waals surface area contributed by atoms with Crippen molar-refractivity contribution in [2.45, 2.75) is 17.4 Å². The molecular weight excluding hydrogens is 376 g/mol. The summed E-state index contributed by atoms with van der Waals surface area (Å²) in [5.41, 5.74) is 2.90. The lowest BCUT2D eigenvalue weighted by atomic mass is 9.80. The summed E-state index contributed by atoms with van der Waals surface area (Å²) in [6.45, 7) is 2.01. The van der Waals surface area contributed by atoms with Crippen LogP contribution >= 0.6 is 0 Å². The Morgan fingerprint density at radius 2 is 0.966 bits per heavy atom. The van der Waals surface area contributed by atoms with Gasteiger partial charge < -0.3 is 0 Å². The molecule has 0 fully saturated rings. The average molecular weight is 399 g/mol. The first-order valence-electron chi connectivity index (χ1n) is 9.54. The fraction of sp³-hybridized carbons (Fsp3) is 0.0769. The molecule has 4 rings (SSSR count). The Morgan fingerprint density at radius 1 is 0.586 bits per heavy atom. The monoisotopic (exact) mass is 398 g/mol. The molecule has 144 valence electrons. The molecule has 0 spiro atoms. The van der Waals surface area contributed by atoms with E-state index in [1.54, 1.807) is 0 Å². The van der Waals surface area contributed by atoms with E-state index in [9.17, 15) is 4.21 Å². The van der Waals surface area contributed by atoms with E-state index in [1.807, 2.05) is 122 Å². The number of aryl methyl sites for hydroxylation is 1. The van der Waals surface area contributed by atoms with E-state index >= 15 is 0 Å². The van der Waals surface area contributed by atoms with Gasteiger partial charge in [0.05, 0.1) is 4.90 Å². The van der Waals surface area contributed by atoms with Crippen LogP contribution < -0.4 is 0 Å². The van der Waals surface area contributed by atoms with Crippen LogP contribution in [0.1, 0.15) is 22.3 Å². The van der Waals surface area contributed by atoms with Crippen LogP contribution in [0.2, 0.25) is 0 Å². The summed E-state index contributed by atoms with van der Waals surface area (Å²) in [5.74, 6) is 0. The molecule has 0 saturated carbocycles. The molecule has 2 nitrogen and oxygen atoms in total. The highest BCUT2D eigenvalue weighted by Crippen LogP contribution is 2.41. The summed E-state index contributed by atoms with van der Waals surface area (Å²) in [4.78, 5) is 0.641. The van der Waals surface area contributed by atoms with Crippen molar-refractivity contribution in [3.8, 4) is 0 Å². The molecule has 0 radical (unpaired) electrons. The van der Waals surface area contributed by atoms with Gasteiger partial charge in [-0.15, -0.1) is 0 Å². The zero-order valence-corrected chi connectivity index (χ0v) is 17.0. The van der Waals surface area contributed by atoms with E-state index in [2.05, 4.69) is 0 Å².